The Morgan fingerprint density at radius 3 is 3.05 bits per heavy atom. The van der Waals surface area contributed by atoms with Gasteiger partial charge in [0.2, 0.25) is 0 Å². The normalized spacial score (nSPS) is 31.6. The maximum absolute atomic E-state index is 13.2. The molecule has 1 saturated heterocycles. The minimum Gasteiger partial charge on any atom is -0.490 e. The first-order valence-corrected chi connectivity index (χ1v) is 6.61. The first kappa shape index (κ1) is 12.8. The predicted octanol–water partition coefficient (Wildman–Crippen LogP) is 1.34. The average Bonchev–Trinajstić information content (AvgIpc) is 2.39. The van der Waals surface area contributed by atoms with E-state index in [4.69, 9.17) is 9.47 Å². The van der Waals surface area contributed by atoms with E-state index in [1.165, 1.54) is 12.1 Å². The largest absolute Gasteiger partial charge is 0.490 e. The number of ether oxygens (including phenoxy) is 2. The molecule has 0 aromatic heterocycles. The molecule has 1 aromatic rings. The zero-order valence-corrected chi connectivity index (χ0v) is 10.9. The highest BCUT2D eigenvalue weighted by Gasteiger charge is 2.36. The maximum Gasteiger partial charge on any atom is 0.127 e. The van der Waals surface area contributed by atoms with E-state index in [0.717, 1.165) is 18.7 Å². The second kappa shape index (κ2) is 5.07. The predicted molar refractivity (Wildman–Crippen MR) is 67.6 cm³/mol. The summed E-state index contributed by atoms with van der Waals surface area (Å²) < 4.78 is 24.2. The second-order valence-electron chi connectivity index (χ2n) is 5.18. The standard InChI is InChI=1S/C14H18FNO3/c1-9-7-16(4-5-18-9)14-11-3-2-10(15)6-13(11)19-8-12(14)17/h2-3,6,9,12,14,17H,4-5,7-8H2,1H3/t9-,12-,14-/m1/s1. The van der Waals surface area contributed by atoms with E-state index in [0.29, 0.717) is 12.4 Å². The van der Waals surface area contributed by atoms with Gasteiger partial charge in [0.15, 0.2) is 0 Å². The van der Waals surface area contributed by atoms with Crippen molar-refractivity contribution in [3.8, 4) is 5.75 Å². The number of aliphatic hydroxyl groups is 1. The molecule has 1 aromatic carbocycles. The lowest BCUT2D eigenvalue weighted by Gasteiger charge is -2.42. The number of rotatable bonds is 1. The monoisotopic (exact) mass is 267 g/mol. The van der Waals surface area contributed by atoms with Crippen LogP contribution in [0.3, 0.4) is 0 Å². The molecule has 0 aliphatic carbocycles. The van der Waals surface area contributed by atoms with Crippen molar-refractivity contribution < 1.29 is 19.0 Å². The minimum atomic E-state index is -0.594. The third kappa shape index (κ3) is 2.45. The van der Waals surface area contributed by atoms with Crippen molar-refractivity contribution in [2.45, 2.75) is 25.2 Å². The van der Waals surface area contributed by atoms with Crippen LogP contribution in [0.1, 0.15) is 18.5 Å². The molecule has 1 N–H and O–H groups in total. The Morgan fingerprint density at radius 2 is 2.26 bits per heavy atom. The molecular formula is C14H18FNO3. The maximum atomic E-state index is 13.2. The topological polar surface area (TPSA) is 41.9 Å². The van der Waals surface area contributed by atoms with E-state index >= 15 is 0 Å². The molecule has 3 atom stereocenters. The summed E-state index contributed by atoms with van der Waals surface area (Å²) in [6.07, 6.45) is -0.448. The number of morpholine rings is 1. The van der Waals surface area contributed by atoms with Gasteiger partial charge in [0.1, 0.15) is 24.3 Å². The average molecular weight is 267 g/mol. The van der Waals surface area contributed by atoms with E-state index < -0.39 is 6.10 Å². The summed E-state index contributed by atoms with van der Waals surface area (Å²) in [7, 11) is 0. The smallest absolute Gasteiger partial charge is 0.127 e. The SMILES string of the molecule is C[C@@H]1CN([C@@H]2c3ccc(F)cc3OC[C@H]2O)CCO1. The summed E-state index contributed by atoms with van der Waals surface area (Å²) in [5.41, 5.74) is 0.856. The Hall–Kier alpha value is -1.17. The van der Waals surface area contributed by atoms with Crippen LogP contribution >= 0.6 is 0 Å². The molecule has 0 unspecified atom stereocenters. The lowest BCUT2D eigenvalue weighted by Crippen LogP contribution is -2.49. The van der Waals surface area contributed by atoms with Crippen LogP contribution in [0.4, 0.5) is 4.39 Å². The van der Waals surface area contributed by atoms with Crippen LogP contribution in [0.2, 0.25) is 0 Å². The van der Waals surface area contributed by atoms with Crippen molar-refractivity contribution in [2.75, 3.05) is 26.3 Å². The second-order valence-corrected chi connectivity index (χ2v) is 5.18. The number of benzene rings is 1. The van der Waals surface area contributed by atoms with Crippen LogP contribution in [-0.4, -0.2) is 48.5 Å². The van der Waals surface area contributed by atoms with Crippen LogP contribution in [0.25, 0.3) is 0 Å². The van der Waals surface area contributed by atoms with Gasteiger partial charge in [-0.1, -0.05) is 6.07 Å². The fourth-order valence-corrected chi connectivity index (χ4v) is 2.89. The molecular weight excluding hydrogens is 249 g/mol. The highest BCUT2D eigenvalue weighted by molar-refractivity contribution is 5.39. The van der Waals surface area contributed by atoms with E-state index in [1.54, 1.807) is 6.07 Å². The first-order chi connectivity index (χ1) is 9.15. The third-order valence-corrected chi connectivity index (χ3v) is 3.73. The molecule has 0 amide bonds. The molecule has 0 radical (unpaired) electrons. The first-order valence-electron chi connectivity index (χ1n) is 6.61. The summed E-state index contributed by atoms with van der Waals surface area (Å²) in [4.78, 5) is 2.19. The molecule has 0 bridgehead atoms. The Morgan fingerprint density at radius 1 is 1.42 bits per heavy atom. The van der Waals surface area contributed by atoms with Gasteiger partial charge in [-0.3, -0.25) is 4.90 Å². The van der Waals surface area contributed by atoms with Crippen LogP contribution in [0, 0.1) is 5.82 Å². The van der Waals surface area contributed by atoms with Gasteiger partial charge >= 0.3 is 0 Å². The molecule has 4 nitrogen and oxygen atoms in total. The molecule has 104 valence electrons. The number of hydrogen-bond acceptors (Lipinski definition) is 4. The number of halogens is 1. The van der Waals surface area contributed by atoms with Gasteiger partial charge in [-0.15, -0.1) is 0 Å². The van der Waals surface area contributed by atoms with Crippen molar-refractivity contribution in [2.24, 2.45) is 0 Å². The number of fused-ring (bicyclic) bond motifs is 1. The Labute approximate surface area is 111 Å². The highest BCUT2D eigenvalue weighted by atomic mass is 19.1. The van der Waals surface area contributed by atoms with Gasteiger partial charge in [0.05, 0.1) is 18.8 Å². The number of hydrogen-bond donors (Lipinski definition) is 1. The lowest BCUT2D eigenvalue weighted by atomic mass is 9.96. The zero-order chi connectivity index (χ0) is 13.4. The molecule has 0 saturated carbocycles. The molecule has 19 heavy (non-hydrogen) atoms. The molecule has 0 spiro atoms. The van der Waals surface area contributed by atoms with Crippen molar-refractivity contribution in [3.05, 3.63) is 29.6 Å². The van der Waals surface area contributed by atoms with Crippen LogP contribution in [0.5, 0.6) is 5.75 Å². The van der Waals surface area contributed by atoms with Gasteiger partial charge in [0, 0.05) is 24.7 Å². The van der Waals surface area contributed by atoms with Crippen LogP contribution < -0.4 is 4.74 Å². The van der Waals surface area contributed by atoms with Gasteiger partial charge in [-0.2, -0.15) is 0 Å². The van der Waals surface area contributed by atoms with E-state index in [2.05, 4.69) is 4.90 Å². The van der Waals surface area contributed by atoms with Crippen molar-refractivity contribution in [1.82, 2.24) is 4.90 Å². The van der Waals surface area contributed by atoms with Crippen LogP contribution in [0.15, 0.2) is 18.2 Å². The molecule has 2 aliphatic rings. The van der Waals surface area contributed by atoms with E-state index in [-0.39, 0.29) is 24.6 Å². The Balaban J connectivity index is 1.92. The Kier molecular flexibility index (Phi) is 3.43. The molecule has 5 heteroatoms. The summed E-state index contributed by atoms with van der Waals surface area (Å²) in [5, 5.41) is 10.2. The van der Waals surface area contributed by atoms with Crippen molar-refractivity contribution in [1.29, 1.82) is 0 Å². The fraction of sp³-hybridized carbons (Fsp3) is 0.571. The van der Waals surface area contributed by atoms with Gasteiger partial charge in [0.25, 0.3) is 0 Å². The highest BCUT2D eigenvalue weighted by Crippen LogP contribution is 2.37. The summed E-state index contributed by atoms with van der Waals surface area (Å²) in [6.45, 7) is 4.40. The number of aliphatic hydroxyl groups excluding tert-OH is 1. The Bertz CT molecular complexity index is 468. The van der Waals surface area contributed by atoms with Crippen molar-refractivity contribution in [3.63, 3.8) is 0 Å². The molecule has 2 aliphatic heterocycles. The van der Waals surface area contributed by atoms with E-state index in [1.807, 2.05) is 6.92 Å². The molecule has 3 rings (SSSR count). The summed E-state index contributed by atoms with van der Waals surface area (Å²) in [6, 6.07) is 4.36. The quantitative estimate of drug-likeness (QED) is 0.834. The van der Waals surface area contributed by atoms with E-state index in [9.17, 15) is 9.50 Å². The minimum absolute atomic E-state index is 0.143. The van der Waals surface area contributed by atoms with Crippen molar-refractivity contribution >= 4 is 0 Å². The molecule has 2 heterocycles. The van der Waals surface area contributed by atoms with Gasteiger partial charge in [-0.25, -0.2) is 4.39 Å². The lowest BCUT2D eigenvalue weighted by molar-refractivity contribution is -0.0720. The summed E-state index contributed by atoms with van der Waals surface area (Å²) >= 11 is 0. The number of nitrogens with zero attached hydrogens (tertiary/aromatic N) is 1. The fourth-order valence-electron chi connectivity index (χ4n) is 2.89. The third-order valence-electron chi connectivity index (χ3n) is 3.73. The summed E-state index contributed by atoms with van der Waals surface area (Å²) in [5.74, 6) is 0.221. The van der Waals surface area contributed by atoms with Crippen LogP contribution in [-0.2, 0) is 4.74 Å². The van der Waals surface area contributed by atoms with Gasteiger partial charge in [-0.05, 0) is 13.0 Å². The zero-order valence-electron chi connectivity index (χ0n) is 10.9. The molecule has 1 fully saturated rings. The van der Waals surface area contributed by atoms with Gasteiger partial charge < -0.3 is 14.6 Å².